The standard InChI is InChI=1S/C13H21N3O3/c1-3-11-9-16(7-8-18-11)13(17)6-4-5-12-14-10(2)15-19-12/h11H,3-9H2,1-2H3/t11-/m0/s1. The molecule has 0 saturated carbocycles. The molecule has 2 heterocycles. The molecule has 1 fully saturated rings. The Labute approximate surface area is 113 Å². The monoisotopic (exact) mass is 267 g/mol. The van der Waals surface area contributed by atoms with Gasteiger partial charge in [-0.3, -0.25) is 4.79 Å². The highest BCUT2D eigenvalue weighted by Gasteiger charge is 2.22. The third-order valence-corrected chi connectivity index (χ3v) is 3.30. The van der Waals surface area contributed by atoms with Crippen LogP contribution in [0.5, 0.6) is 0 Å². The fourth-order valence-corrected chi connectivity index (χ4v) is 2.18. The van der Waals surface area contributed by atoms with Gasteiger partial charge in [-0.15, -0.1) is 0 Å². The lowest BCUT2D eigenvalue weighted by Gasteiger charge is -2.32. The van der Waals surface area contributed by atoms with Gasteiger partial charge in [0.25, 0.3) is 0 Å². The molecular weight excluding hydrogens is 246 g/mol. The van der Waals surface area contributed by atoms with Crippen LogP contribution in [0.4, 0.5) is 0 Å². The number of rotatable bonds is 5. The van der Waals surface area contributed by atoms with Crippen molar-refractivity contribution in [1.29, 1.82) is 0 Å². The number of carbonyl (C=O) groups is 1. The van der Waals surface area contributed by atoms with Crippen molar-refractivity contribution in [2.24, 2.45) is 0 Å². The van der Waals surface area contributed by atoms with Crippen molar-refractivity contribution in [3.63, 3.8) is 0 Å². The molecule has 1 aromatic heterocycles. The van der Waals surface area contributed by atoms with Crippen LogP contribution >= 0.6 is 0 Å². The van der Waals surface area contributed by atoms with E-state index in [1.54, 1.807) is 6.92 Å². The van der Waals surface area contributed by atoms with Crippen molar-refractivity contribution < 1.29 is 14.1 Å². The minimum Gasteiger partial charge on any atom is -0.375 e. The molecule has 1 atom stereocenters. The minimum atomic E-state index is 0.191. The van der Waals surface area contributed by atoms with Gasteiger partial charge in [-0.05, 0) is 19.8 Å². The number of nitrogens with zero attached hydrogens (tertiary/aromatic N) is 3. The molecule has 106 valence electrons. The number of amides is 1. The van der Waals surface area contributed by atoms with Crippen LogP contribution in [0.3, 0.4) is 0 Å². The topological polar surface area (TPSA) is 68.5 Å². The van der Waals surface area contributed by atoms with Crippen molar-refractivity contribution in [2.45, 2.75) is 45.6 Å². The second-order valence-electron chi connectivity index (χ2n) is 4.83. The predicted molar refractivity (Wildman–Crippen MR) is 68.6 cm³/mol. The third-order valence-electron chi connectivity index (χ3n) is 3.30. The van der Waals surface area contributed by atoms with Gasteiger partial charge in [-0.25, -0.2) is 0 Å². The molecule has 0 N–H and O–H groups in total. The first-order valence-corrected chi connectivity index (χ1v) is 6.87. The van der Waals surface area contributed by atoms with Gasteiger partial charge >= 0.3 is 0 Å². The Morgan fingerprint density at radius 2 is 2.37 bits per heavy atom. The van der Waals surface area contributed by atoms with Crippen molar-refractivity contribution in [2.75, 3.05) is 19.7 Å². The lowest BCUT2D eigenvalue weighted by molar-refractivity contribution is -0.138. The highest BCUT2D eigenvalue weighted by atomic mass is 16.5. The number of carbonyl (C=O) groups excluding carboxylic acids is 1. The van der Waals surface area contributed by atoms with Crippen molar-refractivity contribution in [1.82, 2.24) is 15.0 Å². The largest absolute Gasteiger partial charge is 0.375 e. The van der Waals surface area contributed by atoms with E-state index in [0.717, 1.165) is 19.4 Å². The maximum atomic E-state index is 12.1. The zero-order chi connectivity index (χ0) is 13.7. The molecule has 0 aromatic carbocycles. The fourth-order valence-electron chi connectivity index (χ4n) is 2.18. The fraction of sp³-hybridized carbons (Fsp3) is 0.769. The molecule has 1 saturated heterocycles. The second-order valence-corrected chi connectivity index (χ2v) is 4.83. The minimum absolute atomic E-state index is 0.191. The summed E-state index contributed by atoms with van der Waals surface area (Å²) in [5.41, 5.74) is 0. The van der Waals surface area contributed by atoms with Crippen LogP contribution in [0, 0.1) is 6.92 Å². The van der Waals surface area contributed by atoms with Gasteiger partial charge < -0.3 is 14.2 Å². The summed E-state index contributed by atoms with van der Waals surface area (Å²) in [5, 5.41) is 3.73. The van der Waals surface area contributed by atoms with Crippen LogP contribution in [0.1, 0.15) is 37.9 Å². The number of morpholine rings is 1. The summed E-state index contributed by atoms with van der Waals surface area (Å²) < 4.78 is 10.6. The van der Waals surface area contributed by atoms with Crippen LogP contribution in [0.2, 0.25) is 0 Å². The third kappa shape index (κ3) is 4.02. The lowest BCUT2D eigenvalue weighted by Crippen LogP contribution is -2.45. The molecule has 6 heteroatoms. The summed E-state index contributed by atoms with van der Waals surface area (Å²) in [6, 6.07) is 0. The molecular formula is C13H21N3O3. The Morgan fingerprint density at radius 1 is 1.53 bits per heavy atom. The van der Waals surface area contributed by atoms with Crippen molar-refractivity contribution in [3.05, 3.63) is 11.7 Å². The van der Waals surface area contributed by atoms with Gasteiger partial charge in [0.1, 0.15) is 0 Å². The van der Waals surface area contributed by atoms with Gasteiger partial charge in [0.2, 0.25) is 11.8 Å². The molecule has 1 aromatic rings. The van der Waals surface area contributed by atoms with E-state index in [1.165, 1.54) is 0 Å². The highest BCUT2D eigenvalue weighted by molar-refractivity contribution is 5.76. The van der Waals surface area contributed by atoms with E-state index < -0.39 is 0 Å². The molecule has 0 bridgehead atoms. The summed E-state index contributed by atoms with van der Waals surface area (Å²) in [4.78, 5) is 18.1. The van der Waals surface area contributed by atoms with Crippen molar-refractivity contribution in [3.8, 4) is 0 Å². The van der Waals surface area contributed by atoms with E-state index in [9.17, 15) is 4.79 Å². The number of hydrogen-bond acceptors (Lipinski definition) is 5. The van der Waals surface area contributed by atoms with Gasteiger partial charge in [0.05, 0.1) is 12.7 Å². The molecule has 0 aliphatic carbocycles. The van der Waals surface area contributed by atoms with Crippen LogP contribution < -0.4 is 0 Å². The smallest absolute Gasteiger partial charge is 0.226 e. The summed E-state index contributed by atoms with van der Waals surface area (Å²) in [6.45, 7) is 5.93. The summed E-state index contributed by atoms with van der Waals surface area (Å²) in [5.74, 6) is 1.44. The summed E-state index contributed by atoms with van der Waals surface area (Å²) in [6.07, 6.45) is 3.07. The Hall–Kier alpha value is -1.43. The normalized spacial score (nSPS) is 19.7. The maximum absolute atomic E-state index is 12.1. The predicted octanol–water partition coefficient (Wildman–Crippen LogP) is 1.34. The molecule has 1 aliphatic rings. The molecule has 6 nitrogen and oxygen atoms in total. The average Bonchev–Trinajstić information content (AvgIpc) is 2.84. The van der Waals surface area contributed by atoms with E-state index in [0.29, 0.717) is 37.7 Å². The quantitative estimate of drug-likeness (QED) is 0.805. The first kappa shape index (κ1) is 14.0. The zero-order valence-electron chi connectivity index (χ0n) is 11.6. The van der Waals surface area contributed by atoms with Gasteiger partial charge in [-0.1, -0.05) is 12.1 Å². The number of ether oxygens (including phenoxy) is 1. The highest BCUT2D eigenvalue weighted by Crippen LogP contribution is 2.11. The first-order chi connectivity index (χ1) is 9.19. The summed E-state index contributed by atoms with van der Waals surface area (Å²) >= 11 is 0. The van der Waals surface area contributed by atoms with E-state index in [1.807, 2.05) is 4.90 Å². The zero-order valence-corrected chi connectivity index (χ0v) is 11.6. The van der Waals surface area contributed by atoms with Crippen LogP contribution in [0.15, 0.2) is 4.52 Å². The molecule has 2 rings (SSSR count). The van der Waals surface area contributed by atoms with Gasteiger partial charge in [-0.2, -0.15) is 4.98 Å². The van der Waals surface area contributed by atoms with E-state index in [2.05, 4.69) is 17.1 Å². The molecule has 0 radical (unpaired) electrons. The Kier molecular flexibility index (Phi) is 4.90. The van der Waals surface area contributed by atoms with E-state index >= 15 is 0 Å². The van der Waals surface area contributed by atoms with Gasteiger partial charge in [0.15, 0.2) is 5.82 Å². The Morgan fingerprint density at radius 3 is 3.05 bits per heavy atom. The number of aryl methyl sites for hydroxylation is 2. The molecule has 0 unspecified atom stereocenters. The lowest BCUT2D eigenvalue weighted by atomic mass is 10.2. The maximum Gasteiger partial charge on any atom is 0.226 e. The number of aromatic nitrogens is 2. The van der Waals surface area contributed by atoms with Crippen molar-refractivity contribution >= 4 is 5.91 Å². The van der Waals surface area contributed by atoms with Crippen LogP contribution in [0.25, 0.3) is 0 Å². The molecule has 19 heavy (non-hydrogen) atoms. The summed E-state index contributed by atoms with van der Waals surface area (Å²) in [7, 11) is 0. The van der Waals surface area contributed by atoms with E-state index in [4.69, 9.17) is 9.26 Å². The second kappa shape index (κ2) is 6.65. The molecule has 1 amide bonds. The Bertz CT molecular complexity index is 419. The van der Waals surface area contributed by atoms with E-state index in [-0.39, 0.29) is 12.0 Å². The molecule has 0 spiro atoms. The van der Waals surface area contributed by atoms with Gasteiger partial charge in [0, 0.05) is 25.9 Å². The average molecular weight is 267 g/mol. The van der Waals surface area contributed by atoms with Crippen LogP contribution in [-0.4, -0.2) is 46.7 Å². The number of hydrogen-bond donors (Lipinski definition) is 0. The Balaban J connectivity index is 1.72. The first-order valence-electron chi connectivity index (χ1n) is 6.87. The molecule has 1 aliphatic heterocycles. The SMILES string of the molecule is CC[C@H]1CN(C(=O)CCCc2nc(C)no2)CCO1. The van der Waals surface area contributed by atoms with Crippen LogP contribution in [-0.2, 0) is 16.0 Å².